The van der Waals surface area contributed by atoms with Gasteiger partial charge in [0.25, 0.3) is 0 Å². The topological polar surface area (TPSA) is 33.0 Å². The number of ether oxygens (including phenoxy) is 1. The number of nitriles is 1. The van der Waals surface area contributed by atoms with Crippen LogP contribution < -0.4 is 4.74 Å². The largest absolute Gasteiger partial charge is 0.573 e. The van der Waals surface area contributed by atoms with Crippen LogP contribution in [0.3, 0.4) is 0 Å². The standard InChI is InChI=1S/C10H6F3NO/c11-10(12,13)15-9-6-2-1-4-8(9)5-3-7-14/h1-6H. The van der Waals surface area contributed by atoms with E-state index < -0.39 is 6.36 Å². The molecule has 78 valence electrons. The highest BCUT2D eigenvalue weighted by atomic mass is 19.4. The average Bonchev–Trinajstić information content (AvgIpc) is 2.14. The third-order valence-electron chi connectivity index (χ3n) is 1.48. The smallest absolute Gasteiger partial charge is 0.405 e. The summed E-state index contributed by atoms with van der Waals surface area (Å²) in [6, 6.07) is 7.28. The SMILES string of the molecule is N#CC=Cc1ccccc1OC(F)(F)F. The lowest BCUT2D eigenvalue weighted by Crippen LogP contribution is -2.17. The second-order valence-electron chi connectivity index (χ2n) is 2.55. The summed E-state index contributed by atoms with van der Waals surface area (Å²) in [7, 11) is 0. The molecule has 0 aromatic heterocycles. The van der Waals surface area contributed by atoms with Crippen LogP contribution in [0.4, 0.5) is 13.2 Å². The van der Waals surface area contributed by atoms with E-state index in [1.165, 1.54) is 24.3 Å². The van der Waals surface area contributed by atoms with Gasteiger partial charge in [-0.3, -0.25) is 0 Å². The maximum atomic E-state index is 11.9. The molecule has 0 N–H and O–H groups in total. The van der Waals surface area contributed by atoms with Crippen molar-refractivity contribution in [3.05, 3.63) is 35.9 Å². The monoisotopic (exact) mass is 213 g/mol. The van der Waals surface area contributed by atoms with Crippen LogP contribution in [0.15, 0.2) is 30.3 Å². The Balaban J connectivity index is 2.97. The summed E-state index contributed by atoms with van der Waals surface area (Å²) in [5.41, 5.74) is 0.205. The first-order valence-corrected chi connectivity index (χ1v) is 3.94. The molecule has 0 saturated carbocycles. The van der Waals surface area contributed by atoms with Gasteiger partial charge in [0.15, 0.2) is 0 Å². The maximum absolute atomic E-state index is 11.9. The number of alkyl halides is 3. The molecule has 15 heavy (non-hydrogen) atoms. The predicted octanol–water partition coefficient (Wildman–Crippen LogP) is 3.12. The Morgan fingerprint density at radius 3 is 2.53 bits per heavy atom. The van der Waals surface area contributed by atoms with E-state index in [1.807, 2.05) is 0 Å². The number of halogens is 3. The van der Waals surface area contributed by atoms with E-state index in [9.17, 15) is 13.2 Å². The molecule has 0 aliphatic heterocycles. The molecule has 0 unspecified atom stereocenters. The van der Waals surface area contributed by atoms with Gasteiger partial charge < -0.3 is 4.74 Å². The Morgan fingerprint density at radius 1 is 1.27 bits per heavy atom. The molecule has 1 rings (SSSR count). The molecule has 0 amide bonds. The summed E-state index contributed by atoms with van der Waals surface area (Å²) in [6.45, 7) is 0. The molecule has 0 heterocycles. The first kappa shape index (κ1) is 11.1. The molecule has 0 spiro atoms. The summed E-state index contributed by atoms with van der Waals surface area (Å²) in [5, 5.41) is 8.25. The number of para-hydroxylation sites is 1. The van der Waals surface area contributed by atoms with E-state index in [0.717, 1.165) is 6.08 Å². The highest BCUT2D eigenvalue weighted by Gasteiger charge is 2.31. The molecule has 0 aliphatic rings. The van der Waals surface area contributed by atoms with Crippen LogP contribution in [0, 0.1) is 11.3 Å². The molecular formula is C10H6F3NO. The van der Waals surface area contributed by atoms with Crippen molar-refractivity contribution in [2.75, 3.05) is 0 Å². The van der Waals surface area contributed by atoms with Gasteiger partial charge in [0.2, 0.25) is 0 Å². The number of hydrogen-bond acceptors (Lipinski definition) is 2. The molecule has 1 aromatic carbocycles. The minimum absolute atomic E-state index is 0.205. The molecular weight excluding hydrogens is 207 g/mol. The zero-order valence-corrected chi connectivity index (χ0v) is 7.45. The zero-order valence-electron chi connectivity index (χ0n) is 7.45. The van der Waals surface area contributed by atoms with Crippen molar-refractivity contribution >= 4 is 6.08 Å². The normalized spacial score (nSPS) is 11.3. The van der Waals surface area contributed by atoms with Crippen LogP contribution in [0.1, 0.15) is 5.56 Å². The van der Waals surface area contributed by atoms with Crippen LogP contribution in [-0.4, -0.2) is 6.36 Å². The number of allylic oxidation sites excluding steroid dienone is 1. The van der Waals surface area contributed by atoms with Gasteiger partial charge in [-0.15, -0.1) is 13.2 Å². The quantitative estimate of drug-likeness (QED) is 0.707. The van der Waals surface area contributed by atoms with Gasteiger partial charge in [-0.1, -0.05) is 18.2 Å². The lowest BCUT2D eigenvalue weighted by atomic mass is 10.2. The summed E-state index contributed by atoms with van der Waals surface area (Å²) < 4.78 is 39.6. The summed E-state index contributed by atoms with van der Waals surface area (Å²) in [4.78, 5) is 0. The summed E-state index contributed by atoms with van der Waals surface area (Å²) in [6.07, 6.45) is -2.39. The van der Waals surface area contributed by atoms with Crippen LogP contribution in [0.2, 0.25) is 0 Å². The van der Waals surface area contributed by atoms with Gasteiger partial charge >= 0.3 is 6.36 Å². The number of benzene rings is 1. The Morgan fingerprint density at radius 2 is 1.93 bits per heavy atom. The van der Waals surface area contributed by atoms with Crippen molar-refractivity contribution in [3.8, 4) is 11.8 Å². The van der Waals surface area contributed by atoms with E-state index >= 15 is 0 Å². The minimum Gasteiger partial charge on any atom is -0.405 e. The van der Waals surface area contributed by atoms with Crippen molar-refractivity contribution < 1.29 is 17.9 Å². The van der Waals surface area contributed by atoms with Crippen LogP contribution >= 0.6 is 0 Å². The number of rotatable bonds is 2. The van der Waals surface area contributed by atoms with Crippen LogP contribution in [0.25, 0.3) is 6.08 Å². The van der Waals surface area contributed by atoms with Crippen molar-refractivity contribution in [1.82, 2.24) is 0 Å². The van der Waals surface area contributed by atoms with E-state index in [-0.39, 0.29) is 11.3 Å². The van der Waals surface area contributed by atoms with Crippen molar-refractivity contribution in [2.24, 2.45) is 0 Å². The fraction of sp³-hybridized carbons (Fsp3) is 0.100. The molecule has 0 radical (unpaired) electrons. The zero-order chi connectivity index (χ0) is 11.3. The predicted molar refractivity (Wildman–Crippen MR) is 47.8 cm³/mol. The summed E-state index contributed by atoms with van der Waals surface area (Å²) >= 11 is 0. The van der Waals surface area contributed by atoms with Gasteiger partial charge in [-0.25, -0.2) is 0 Å². The lowest BCUT2D eigenvalue weighted by molar-refractivity contribution is -0.274. The first-order chi connectivity index (χ1) is 7.03. The molecule has 0 fully saturated rings. The average molecular weight is 213 g/mol. The molecule has 0 saturated heterocycles. The van der Waals surface area contributed by atoms with Crippen molar-refractivity contribution in [1.29, 1.82) is 5.26 Å². The second-order valence-corrected chi connectivity index (χ2v) is 2.55. The Labute approximate surface area is 84.2 Å². The van der Waals surface area contributed by atoms with E-state index in [0.29, 0.717) is 0 Å². The Hall–Kier alpha value is -1.96. The molecule has 1 aromatic rings. The van der Waals surface area contributed by atoms with E-state index in [2.05, 4.69) is 4.74 Å². The van der Waals surface area contributed by atoms with E-state index in [1.54, 1.807) is 12.1 Å². The van der Waals surface area contributed by atoms with Crippen LogP contribution in [0.5, 0.6) is 5.75 Å². The van der Waals surface area contributed by atoms with Gasteiger partial charge in [-0.05, 0) is 12.1 Å². The first-order valence-electron chi connectivity index (χ1n) is 3.94. The third-order valence-corrected chi connectivity index (χ3v) is 1.48. The molecule has 5 heteroatoms. The maximum Gasteiger partial charge on any atom is 0.573 e. The highest BCUT2D eigenvalue weighted by molar-refractivity contribution is 5.58. The number of nitrogens with zero attached hydrogens (tertiary/aromatic N) is 1. The third kappa shape index (κ3) is 3.73. The lowest BCUT2D eigenvalue weighted by Gasteiger charge is -2.10. The number of hydrogen-bond donors (Lipinski definition) is 0. The molecule has 0 atom stereocenters. The van der Waals surface area contributed by atoms with Crippen molar-refractivity contribution in [3.63, 3.8) is 0 Å². The van der Waals surface area contributed by atoms with Crippen molar-refractivity contribution in [2.45, 2.75) is 6.36 Å². The molecule has 0 bridgehead atoms. The summed E-state index contributed by atoms with van der Waals surface area (Å²) in [5.74, 6) is -0.323. The molecule has 0 aliphatic carbocycles. The minimum atomic E-state index is -4.73. The fourth-order valence-electron chi connectivity index (χ4n) is 0.963. The van der Waals surface area contributed by atoms with E-state index in [4.69, 9.17) is 5.26 Å². The van der Waals surface area contributed by atoms with Gasteiger partial charge in [0, 0.05) is 11.6 Å². The highest BCUT2D eigenvalue weighted by Crippen LogP contribution is 2.26. The van der Waals surface area contributed by atoms with Gasteiger partial charge in [0.1, 0.15) is 5.75 Å². The molecule has 2 nitrogen and oxygen atoms in total. The Bertz CT molecular complexity index is 404. The fourth-order valence-corrected chi connectivity index (χ4v) is 0.963. The van der Waals surface area contributed by atoms with Crippen LogP contribution in [-0.2, 0) is 0 Å². The van der Waals surface area contributed by atoms with Gasteiger partial charge in [0.05, 0.1) is 6.07 Å². The second kappa shape index (κ2) is 4.51. The Kier molecular flexibility index (Phi) is 3.34. The van der Waals surface area contributed by atoms with Gasteiger partial charge in [-0.2, -0.15) is 5.26 Å².